The molecular formula is C9H16. The van der Waals surface area contributed by atoms with Gasteiger partial charge < -0.3 is 0 Å². The molecule has 0 saturated heterocycles. The molecule has 0 fully saturated rings. The fraction of sp³-hybridized carbons (Fsp3) is 0.333. The molecular weight excluding hydrogens is 108 g/mol. The van der Waals surface area contributed by atoms with Crippen LogP contribution >= 0.6 is 0 Å². The van der Waals surface area contributed by atoms with Crippen molar-refractivity contribution in [2.24, 2.45) is 0 Å². The van der Waals surface area contributed by atoms with Crippen LogP contribution in [0.4, 0.5) is 0 Å². The molecule has 0 aliphatic carbocycles. The summed E-state index contributed by atoms with van der Waals surface area (Å²) in [6.07, 6.45) is 6.14. The molecule has 0 atom stereocenters. The van der Waals surface area contributed by atoms with Crippen LogP contribution in [0.15, 0.2) is 37.0 Å². The molecule has 0 nitrogen and oxygen atoms in total. The summed E-state index contributed by atoms with van der Waals surface area (Å²) < 4.78 is 0. The lowest BCUT2D eigenvalue weighted by molar-refractivity contribution is 1.39. The molecule has 0 heterocycles. The van der Waals surface area contributed by atoms with Crippen molar-refractivity contribution in [3.63, 3.8) is 0 Å². The van der Waals surface area contributed by atoms with Crippen LogP contribution in [-0.2, 0) is 0 Å². The van der Waals surface area contributed by atoms with E-state index < -0.39 is 0 Å². The summed E-state index contributed by atoms with van der Waals surface area (Å²) in [5.74, 6) is 0. The summed E-state index contributed by atoms with van der Waals surface area (Å²) in [6.45, 7) is 12.2. The molecule has 0 unspecified atom stereocenters. The highest BCUT2D eigenvalue weighted by molar-refractivity contribution is 5.06. The lowest BCUT2D eigenvalue weighted by Crippen LogP contribution is -1.56. The maximum absolute atomic E-state index is 3.00. The minimum atomic E-state index is 1.35. The van der Waals surface area contributed by atoms with E-state index in [1.54, 1.807) is 0 Å². The van der Waals surface area contributed by atoms with Gasteiger partial charge in [-0.3, -0.25) is 0 Å². The van der Waals surface area contributed by atoms with E-state index in [4.69, 9.17) is 0 Å². The molecule has 0 rings (SSSR count). The second-order valence-electron chi connectivity index (χ2n) is 1.77. The molecule has 9 heavy (non-hydrogen) atoms. The van der Waals surface area contributed by atoms with Crippen molar-refractivity contribution >= 4 is 0 Å². The summed E-state index contributed by atoms with van der Waals surface area (Å²) in [5.41, 5.74) is 1.35. The Hall–Kier alpha value is -0.780. The van der Waals surface area contributed by atoms with Crippen LogP contribution in [0.25, 0.3) is 0 Å². The minimum absolute atomic E-state index is 1.35. The first-order valence-corrected chi connectivity index (χ1v) is 3.03. The van der Waals surface area contributed by atoms with Crippen LogP contribution in [0.3, 0.4) is 0 Å². The summed E-state index contributed by atoms with van der Waals surface area (Å²) in [4.78, 5) is 0. The molecule has 0 aliphatic heterocycles. The normalized spacial score (nSPS) is 7.89. The Morgan fingerprint density at radius 2 is 1.67 bits per heavy atom. The van der Waals surface area contributed by atoms with Crippen LogP contribution in [0.1, 0.15) is 20.8 Å². The Labute approximate surface area is 58.6 Å². The van der Waals surface area contributed by atoms with Crippen molar-refractivity contribution in [3.8, 4) is 0 Å². The molecule has 0 N–H and O–H groups in total. The van der Waals surface area contributed by atoms with Crippen molar-refractivity contribution in [3.05, 3.63) is 37.0 Å². The first kappa shape index (κ1) is 11.1. The van der Waals surface area contributed by atoms with Crippen LogP contribution in [0, 0.1) is 0 Å². The molecule has 0 aliphatic rings. The van der Waals surface area contributed by atoms with Crippen LogP contribution in [0.2, 0.25) is 0 Å². The van der Waals surface area contributed by atoms with Crippen molar-refractivity contribution < 1.29 is 0 Å². The fourth-order valence-electron chi connectivity index (χ4n) is 0.289. The second-order valence-corrected chi connectivity index (χ2v) is 1.77. The predicted molar refractivity (Wildman–Crippen MR) is 45.5 cm³/mol. The van der Waals surface area contributed by atoms with E-state index in [9.17, 15) is 0 Å². The molecule has 0 amide bonds. The van der Waals surface area contributed by atoms with Gasteiger partial charge in [0.15, 0.2) is 0 Å². The van der Waals surface area contributed by atoms with Gasteiger partial charge in [0.1, 0.15) is 0 Å². The zero-order valence-corrected chi connectivity index (χ0v) is 6.65. The predicted octanol–water partition coefficient (Wildman–Crippen LogP) is 3.33. The Morgan fingerprint density at radius 3 is 1.78 bits per heavy atom. The Bertz CT molecular complexity index is 92.6. The van der Waals surface area contributed by atoms with Gasteiger partial charge in [0.05, 0.1) is 0 Å². The van der Waals surface area contributed by atoms with E-state index in [-0.39, 0.29) is 0 Å². The molecule has 0 saturated carbocycles. The highest BCUT2D eigenvalue weighted by atomic mass is 13.7. The quantitative estimate of drug-likeness (QED) is 0.371. The van der Waals surface area contributed by atoms with E-state index in [2.05, 4.69) is 33.1 Å². The van der Waals surface area contributed by atoms with Gasteiger partial charge >= 0.3 is 0 Å². The van der Waals surface area contributed by atoms with Crippen LogP contribution < -0.4 is 0 Å². The van der Waals surface area contributed by atoms with E-state index in [0.717, 1.165) is 0 Å². The van der Waals surface area contributed by atoms with Gasteiger partial charge in [0, 0.05) is 0 Å². The summed E-state index contributed by atoms with van der Waals surface area (Å²) in [5, 5.41) is 0. The van der Waals surface area contributed by atoms with Crippen molar-refractivity contribution in [1.29, 1.82) is 0 Å². The topological polar surface area (TPSA) is 0 Å². The van der Waals surface area contributed by atoms with Crippen LogP contribution in [0.5, 0.6) is 0 Å². The van der Waals surface area contributed by atoms with E-state index in [1.165, 1.54) is 5.57 Å². The fourth-order valence-corrected chi connectivity index (χ4v) is 0.289. The van der Waals surface area contributed by atoms with E-state index in [0.29, 0.717) is 0 Å². The Balaban J connectivity index is 0. The van der Waals surface area contributed by atoms with Gasteiger partial charge in [-0.1, -0.05) is 23.8 Å². The number of hydrogen-bond acceptors (Lipinski definition) is 0. The highest BCUT2D eigenvalue weighted by Gasteiger charge is 1.65. The van der Waals surface area contributed by atoms with Gasteiger partial charge in [-0.05, 0) is 20.8 Å². The monoisotopic (exact) mass is 124 g/mol. The second kappa shape index (κ2) is 10.3. The minimum Gasteiger partial charge on any atom is -0.106 e. The van der Waals surface area contributed by atoms with Crippen LogP contribution in [-0.4, -0.2) is 0 Å². The first-order valence-electron chi connectivity index (χ1n) is 3.03. The number of allylic oxidation sites excluding steroid dienone is 4. The molecule has 0 radical (unpaired) electrons. The Kier molecular flexibility index (Phi) is 12.6. The van der Waals surface area contributed by atoms with Gasteiger partial charge in [-0.25, -0.2) is 0 Å². The number of rotatable bonds is 1. The SMILES string of the molecule is C/C=C/C=C(C)C.C=C. The van der Waals surface area contributed by atoms with Crippen molar-refractivity contribution in [2.75, 3.05) is 0 Å². The molecule has 52 valence electrons. The highest BCUT2D eigenvalue weighted by Crippen LogP contribution is 1.87. The van der Waals surface area contributed by atoms with Crippen molar-refractivity contribution in [2.45, 2.75) is 20.8 Å². The molecule has 0 aromatic carbocycles. The first-order chi connectivity index (χ1) is 4.27. The average molecular weight is 124 g/mol. The molecule has 0 bridgehead atoms. The Morgan fingerprint density at radius 1 is 1.22 bits per heavy atom. The van der Waals surface area contributed by atoms with Gasteiger partial charge in [0.25, 0.3) is 0 Å². The maximum Gasteiger partial charge on any atom is -0.0439 e. The smallest absolute Gasteiger partial charge is 0.0439 e. The molecule has 0 spiro atoms. The molecule has 0 heteroatoms. The van der Waals surface area contributed by atoms with Gasteiger partial charge in [-0.2, -0.15) is 0 Å². The standard InChI is InChI=1S/C7H12.C2H4/c1-4-5-6-7(2)3;1-2/h4-6H,1-3H3;1-2H2/b5-4+;. The largest absolute Gasteiger partial charge is 0.106 e. The molecule has 0 aromatic rings. The van der Waals surface area contributed by atoms with Gasteiger partial charge in [0.2, 0.25) is 0 Å². The lowest BCUT2D eigenvalue weighted by Gasteiger charge is -1.77. The summed E-state index contributed by atoms with van der Waals surface area (Å²) in [7, 11) is 0. The van der Waals surface area contributed by atoms with Gasteiger partial charge in [-0.15, -0.1) is 13.2 Å². The summed E-state index contributed by atoms with van der Waals surface area (Å²) in [6, 6.07) is 0. The number of hydrogen-bond donors (Lipinski definition) is 0. The molecule has 0 aromatic heterocycles. The third kappa shape index (κ3) is 19.0. The third-order valence-corrected chi connectivity index (χ3v) is 0.622. The average Bonchev–Trinajstić information content (AvgIpc) is 1.88. The van der Waals surface area contributed by atoms with E-state index in [1.807, 2.05) is 19.1 Å². The maximum atomic E-state index is 3.00. The zero-order valence-electron chi connectivity index (χ0n) is 6.65. The summed E-state index contributed by atoms with van der Waals surface area (Å²) >= 11 is 0. The van der Waals surface area contributed by atoms with E-state index >= 15 is 0 Å². The zero-order chi connectivity index (χ0) is 7.70. The van der Waals surface area contributed by atoms with Crippen molar-refractivity contribution in [1.82, 2.24) is 0 Å². The lowest BCUT2D eigenvalue weighted by atomic mass is 10.3. The third-order valence-electron chi connectivity index (χ3n) is 0.622.